The van der Waals surface area contributed by atoms with E-state index in [1.54, 1.807) is 0 Å². The Morgan fingerprint density at radius 2 is 1.71 bits per heavy atom. The van der Waals surface area contributed by atoms with Crippen molar-refractivity contribution in [3.8, 4) is 0 Å². The van der Waals surface area contributed by atoms with Gasteiger partial charge >= 0.3 is 0 Å². The zero-order valence-corrected chi connectivity index (χ0v) is 15.3. The fraction of sp³-hybridized carbons (Fsp3) is 0.500. The van der Waals surface area contributed by atoms with Crippen LogP contribution in [0.5, 0.6) is 0 Å². The molecule has 0 aliphatic heterocycles. The number of nitrogen functional groups attached to an aromatic ring is 1. The quantitative estimate of drug-likeness (QED) is 0.589. The number of ether oxygens (including phenoxy) is 2. The molecule has 0 radical (unpaired) electrons. The Bertz CT molecular complexity index is 627. The first-order valence-corrected chi connectivity index (χ1v) is 8.75. The van der Waals surface area contributed by atoms with Crippen LogP contribution in [0.25, 0.3) is 5.57 Å². The molecule has 4 N–H and O–H groups in total. The third-order valence-electron chi connectivity index (χ3n) is 4.27. The van der Waals surface area contributed by atoms with E-state index in [1.807, 2.05) is 18.2 Å². The summed E-state index contributed by atoms with van der Waals surface area (Å²) in [6.07, 6.45) is 5.92. The van der Waals surface area contributed by atoms with Crippen LogP contribution in [0, 0.1) is 6.92 Å². The molecule has 0 fully saturated rings. The molecule has 0 aromatic heterocycles. The lowest BCUT2D eigenvalue weighted by atomic mass is 9.85. The van der Waals surface area contributed by atoms with E-state index < -0.39 is 5.79 Å². The summed E-state index contributed by atoms with van der Waals surface area (Å²) in [4.78, 5) is 0. The number of anilines is 1. The molecule has 0 amide bonds. The highest BCUT2D eigenvalue weighted by Crippen LogP contribution is 2.36. The monoisotopic (exact) mass is 330 g/mol. The molecule has 0 spiro atoms. The number of hydrogen-bond donors (Lipinski definition) is 2. The van der Waals surface area contributed by atoms with Crippen LogP contribution in [-0.4, -0.2) is 25.0 Å². The molecule has 0 saturated carbocycles. The topological polar surface area (TPSA) is 70.5 Å². The Kier molecular flexibility index (Phi) is 6.21. The number of rotatable bonds is 7. The summed E-state index contributed by atoms with van der Waals surface area (Å²) in [5, 5.41) is 0. The second kappa shape index (κ2) is 7.97. The molecule has 132 valence electrons. The van der Waals surface area contributed by atoms with Gasteiger partial charge in [0, 0.05) is 5.69 Å². The van der Waals surface area contributed by atoms with Crippen molar-refractivity contribution in [1.82, 2.24) is 0 Å². The maximum atomic E-state index is 6.40. The Balaban J connectivity index is 2.48. The molecule has 0 heterocycles. The van der Waals surface area contributed by atoms with Crippen LogP contribution in [0.2, 0.25) is 0 Å². The van der Waals surface area contributed by atoms with Gasteiger partial charge in [-0.25, -0.2) is 0 Å². The van der Waals surface area contributed by atoms with Gasteiger partial charge in [0.25, 0.3) is 0 Å². The molecule has 1 aliphatic carbocycles. The van der Waals surface area contributed by atoms with Gasteiger partial charge in [0.2, 0.25) is 5.79 Å². The lowest BCUT2D eigenvalue weighted by molar-refractivity contribution is -0.210. The second-order valence-electron chi connectivity index (χ2n) is 6.43. The van der Waals surface area contributed by atoms with Gasteiger partial charge in [-0.2, -0.15) is 0 Å². The van der Waals surface area contributed by atoms with Crippen LogP contribution < -0.4 is 11.5 Å². The zero-order valence-electron chi connectivity index (χ0n) is 15.3. The van der Waals surface area contributed by atoms with Crippen LogP contribution in [-0.2, 0) is 9.47 Å². The molecule has 4 nitrogen and oxygen atoms in total. The molecule has 1 aromatic carbocycles. The second-order valence-corrected chi connectivity index (χ2v) is 6.43. The third kappa shape index (κ3) is 3.89. The average molecular weight is 330 g/mol. The molecule has 24 heavy (non-hydrogen) atoms. The molecular weight excluding hydrogens is 300 g/mol. The Morgan fingerprint density at radius 3 is 2.25 bits per heavy atom. The number of benzene rings is 1. The Labute approximate surface area is 145 Å². The molecule has 1 aliphatic rings. The van der Waals surface area contributed by atoms with Gasteiger partial charge in [-0.05, 0) is 67.2 Å². The lowest BCUT2D eigenvalue weighted by Gasteiger charge is -2.38. The third-order valence-corrected chi connectivity index (χ3v) is 4.27. The average Bonchev–Trinajstić information content (AvgIpc) is 2.54. The number of hydrogen-bond acceptors (Lipinski definition) is 4. The van der Waals surface area contributed by atoms with Gasteiger partial charge in [-0.15, -0.1) is 0 Å². The summed E-state index contributed by atoms with van der Waals surface area (Å²) >= 11 is 0. The van der Waals surface area contributed by atoms with Gasteiger partial charge in [-0.3, -0.25) is 0 Å². The number of aryl methyl sites for hydroxylation is 1. The smallest absolute Gasteiger partial charge is 0.208 e. The molecule has 1 unspecified atom stereocenters. The Morgan fingerprint density at radius 1 is 1.08 bits per heavy atom. The lowest BCUT2D eigenvalue weighted by Crippen LogP contribution is -2.52. The van der Waals surface area contributed by atoms with Crippen LogP contribution in [0.3, 0.4) is 0 Å². The van der Waals surface area contributed by atoms with Crippen LogP contribution in [0.15, 0.2) is 35.9 Å². The first-order chi connectivity index (χ1) is 11.4. The maximum absolute atomic E-state index is 6.40. The van der Waals surface area contributed by atoms with Crippen molar-refractivity contribution in [3.05, 3.63) is 47.1 Å². The summed E-state index contributed by atoms with van der Waals surface area (Å²) in [5.74, 6) is -0.908. The molecule has 1 aromatic rings. The van der Waals surface area contributed by atoms with Crippen molar-refractivity contribution >= 4 is 11.3 Å². The first-order valence-electron chi connectivity index (χ1n) is 8.75. The number of nitrogens with two attached hydrogens (primary N) is 2. The van der Waals surface area contributed by atoms with Gasteiger partial charge in [0.1, 0.15) is 0 Å². The van der Waals surface area contributed by atoms with E-state index >= 15 is 0 Å². The van der Waals surface area contributed by atoms with Crippen LogP contribution in [0.1, 0.15) is 44.7 Å². The minimum absolute atomic E-state index is 0.326. The molecule has 0 saturated heterocycles. The van der Waals surface area contributed by atoms with Crippen LogP contribution >= 0.6 is 0 Å². The fourth-order valence-corrected chi connectivity index (χ4v) is 3.01. The van der Waals surface area contributed by atoms with Gasteiger partial charge in [-0.1, -0.05) is 26.0 Å². The van der Waals surface area contributed by atoms with Gasteiger partial charge < -0.3 is 20.9 Å². The molecule has 2 rings (SSSR count). The van der Waals surface area contributed by atoms with Crippen molar-refractivity contribution in [2.24, 2.45) is 5.73 Å². The highest BCUT2D eigenvalue weighted by atomic mass is 16.7. The summed E-state index contributed by atoms with van der Waals surface area (Å²) < 4.78 is 12.2. The largest absolute Gasteiger partial charge is 0.399 e. The van der Waals surface area contributed by atoms with E-state index in [9.17, 15) is 0 Å². The predicted molar refractivity (Wildman–Crippen MR) is 101 cm³/mol. The van der Waals surface area contributed by atoms with Crippen molar-refractivity contribution in [2.45, 2.75) is 52.4 Å². The van der Waals surface area contributed by atoms with Crippen molar-refractivity contribution < 1.29 is 9.47 Å². The SMILES string of the molecule is CCCOC1(OCCC)C=C(c2ccc(N)cc2C)C(C)=CC1N. The van der Waals surface area contributed by atoms with E-state index in [0.717, 1.165) is 40.8 Å². The van der Waals surface area contributed by atoms with Gasteiger partial charge in [0.15, 0.2) is 0 Å². The number of allylic oxidation sites excluding steroid dienone is 2. The van der Waals surface area contributed by atoms with E-state index in [2.05, 4.69) is 39.8 Å². The zero-order chi connectivity index (χ0) is 17.7. The fourth-order valence-electron chi connectivity index (χ4n) is 3.01. The standard InChI is InChI=1S/C20H30N2O2/c1-5-9-23-20(24-10-6-2)13-18(15(4)12-19(20)22)17-8-7-16(21)11-14(17)3/h7-8,11-13,19H,5-6,9-10,21-22H2,1-4H3. The van der Waals surface area contributed by atoms with Crippen LogP contribution in [0.4, 0.5) is 5.69 Å². The first kappa shape index (κ1) is 18.7. The van der Waals surface area contributed by atoms with E-state index in [-0.39, 0.29) is 6.04 Å². The minimum atomic E-state index is -0.908. The van der Waals surface area contributed by atoms with Crippen molar-refractivity contribution in [2.75, 3.05) is 18.9 Å². The highest BCUT2D eigenvalue weighted by molar-refractivity contribution is 5.83. The van der Waals surface area contributed by atoms with E-state index in [1.165, 1.54) is 0 Å². The van der Waals surface area contributed by atoms with E-state index in [4.69, 9.17) is 20.9 Å². The molecular formula is C20H30N2O2. The van der Waals surface area contributed by atoms with E-state index in [0.29, 0.717) is 13.2 Å². The normalized spacial score (nSPS) is 19.8. The minimum Gasteiger partial charge on any atom is -0.399 e. The molecule has 0 bridgehead atoms. The Hall–Kier alpha value is -1.62. The predicted octanol–water partition coefficient (Wildman–Crippen LogP) is 3.80. The maximum Gasteiger partial charge on any atom is 0.208 e. The summed E-state index contributed by atoms with van der Waals surface area (Å²) in [6, 6.07) is 5.63. The summed E-state index contributed by atoms with van der Waals surface area (Å²) in [5.41, 5.74) is 17.5. The summed E-state index contributed by atoms with van der Waals surface area (Å²) in [7, 11) is 0. The summed E-state index contributed by atoms with van der Waals surface area (Å²) in [6.45, 7) is 9.51. The van der Waals surface area contributed by atoms with Crippen molar-refractivity contribution in [1.29, 1.82) is 0 Å². The molecule has 1 atom stereocenters. The van der Waals surface area contributed by atoms with Gasteiger partial charge in [0.05, 0.1) is 19.3 Å². The highest BCUT2D eigenvalue weighted by Gasteiger charge is 2.39. The molecule has 4 heteroatoms. The van der Waals surface area contributed by atoms with Crippen molar-refractivity contribution in [3.63, 3.8) is 0 Å².